The molecule has 0 saturated carbocycles. The largest absolute Gasteiger partial charge is 0.354 e. The molecule has 1 aromatic carbocycles. The Bertz CT molecular complexity index is 763. The quantitative estimate of drug-likeness (QED) is 0.0921. The Hall–Kier alpha value is -2.24. The summed E-state index contributed by atoms with van der Waals surface area (Å²) in [5.41, 5.74) is 3.75. The van der Waals surface area contributed by atoms with Crippen molar-refractivity contribution in [3.05, 3.63) is 29.8 Å². The van der Waals surface area contributed by atoms with Gasteiger partial charge in [-0.05, 0) is 43.5 Å². The highest BCUT2D eigenvalue weighted by molar-refractivity contribution is 7.46. The zero-order valence-corrected chi connectivity index (χ0v) is 21.3. The third-order valence-corrected chi connectivity index (χ3v) is 6.23. The van der Waals surface area contributed by atoms with E-state index < -0.39 is 14.4 Å². The van der Waals surface area contributed by atoms with Crippen LogP contribution in [0.2, 0.25) is 1.41 Å². The van der Waals surface area contributed by atoms with E-state index >= 15 is 0 Å². The summed E-state index contributed by atoms with van der Waals surface area (Å²) in [6.45, 7) is 5.60. The van der Waals surface area contributed by atoms with Crippen molar-refractivity contribution < 1.29 is 20.0 Å². The summed E-state index contributed by atoms with van der Waals surface area (Å²) in [7, 11) is -0.927. The Morgan fingerprint density at radius 2 is 1.85 bits per heavy atom. The fraction of sp³-hybridized carbons (Fsp3) is 0.625. The molecule has 0 heterocycles. The van der Waals surface area contributed by atoms with E-state index in [4.69, 9.17) is 15.7 Å². The molecule has 0 bridgehead atoms. The SMILES string of the molecule is [2H]NNc1ccc(C(=O)NC(CCCCC)C(=O)NCCCCCCOP(C)OCCC#N)cc1. The third-order valence-electron chi connectivity index (χ3n) is 5.14. The second-order valence-electron chi connectivity index (χ2n) is 7.94. The van der Waals surface area contributed by atoms with E-state index in [1.165, 1.54) is 0 Å². The van der Waals surface area contributed by atoms with E-state index in [0.29, 0.717) is 43.9 Å². The van der Waals surface area contributed by atoms with E-state index in [1.807, 2.05) is 12.7 Å². The average molecular weight is 495 g/mol. The van der Waals surface area contributed by atoms with Crippen molar-refractivity contribution in [1.82, 2.24) is 10.6 Å². The highest BCUT2D eigenvalue weighted by atomic mass is 31.2. The second-order valence-corrected chi connectivity index (χ2v) is 9.34. The smallest absolute Gasteiger partial charge is 0.251 e. The summed E-state index contributed by atoms with van der Waals surface area (Å²) in [5, 5.41) is 14.3. The summed E-state index contributed by atoms with van der Waals surface area (Å²) in [5.74, 6) is 1.64. The highest BCUT2D eigenvalue weighted by Gasteiger charge is 2.20. The molecule has 5 N–H and O–H groups in total. The Balaban J connectivity index is 2.34. The van der Waals surface area contributed by atoms with Crippen LogP contribution in [0, 0.1) is 11.3 Å². The summed E-state index contributed by atoms with van der Waals surface area (Å²) in [6, 6.07) is 8.16. The zero-order valence-electron chi connectivity index (χ0n) is 21.4. The number of nitrogens with zero attached hydrogens (tertiary/aromatic N) is 1. The van der Waals surface area contributed by atoms with Gasteiger partial charge in [-0.3, -0.25) is 15.4 Å². The van der Waals surface area contributed by atoms with E-state index in [1.54, 1.807) is 24.3 Å². The number of nitrogens with one attached hydrogen (secondary N) is 3. The molecular weight excluding hydrogens is 453 g/mol. The summed E-state index contributed by atoms with van der Waals surface area (Å²) in [6.07, 6.45) is 7.64. The summed E-state index contributed by atoms with van der Waals surface area (Å²) in [4.78, 5) is 25.4. The summed E-state index contributed by atoms with van der Waals surface area (Å²) < 4.78 is 18.0. The third kappa shape index (κ3) is 13.5. The zero-order chi connectivity index (χ0) is 25.7. The van der Waals surface area contributed by atoms with Gasteiger partial charge >= 0.3 is 0 Å². The number of nitriles is 1. The fourth-order valence-electron chi connectivity index (χ4n) is 3.18. The Labute approximate surface area is 206 Å². The molecule has 0 aliphatic carbocycles. The molecule has 0 aliphatic heterocycles. The minimum atomic E-state index is -0.927. The van der Waals surface area contributed by atoms with Crippen molar-refractivity contribution in [2.24, 2.45) is 5.84 Å². The van der Waals surface area contributed by atoms with Crippen LogP contribution in [0.4, 0.5) is 5.69 Å². The van der Waals surface area contributed by atoms with Gasteiger partial charge in [-0.1, -0.05) is 39.0 Å². The lowest BCUT2D eigenvalue weighted by atomic mass is 10.1. The molecule has 0 aromatic heterocycles. The van der Waals surface area contributed by atoms with Crippen LogP contribution in [0.15, 0.2) is 24.3 Å². The molecule has 2 unspecified atom stereocenters. The number of amides is 2. The van der Waals surface area contributed by atoms with Gasteiger partial charge in [-0.2, -0.15) is 5.26 Å². The normalized spacial score (nSPS) is 12.8. The van der Waals surface area contributed by atoms with Crippen LogP contribution < -0.4 is 21.9 Å². The second kappa shape index (κ2) is 19.1. The first-order valence-electron chi connectivity index (χ1n) is 12.5. The van der Waals surface area contributed by atoms with Crippen LogP contribution in [-0.4, -0.2) is 44.3 Å². The molecule has 190 valence electrons. The first-order valence-corrected chi connectivity index (χ1v) is 13.6. The lowest BCUT2D eigenvalue weighted by molar-refractivity contribution is -0.123. The van der Waals surface area contributed by atoms with Gasteiger partial charge in [0.25, 0.3) is 5.91 Å². The average Bonchev–Trinajstić information content (AvgIpc) is 2.85. The van der Waals surface area contributed by atoms with E-state index in [0.717, 1.165) is 44.9 Å². The molecule has 2 atom stereocenters. The topological polar surface area (TPSA) is 138 Å². The molecule has 0 fully saturated rings. The number of nitrogen functional groups attached to an aromatic ring is 1. The molecule has 2 amide bonds. The fourth-order valence-corrected chi connectivity index (χ4v) is 3.99. The van der Waals surface area contributed by atoms with Crippen molar-refractivity contribution in [1.29, 1.82) is 5.26 Å². The van der Waals surface area contributed by atoms with Gasteiger partial charge in [0.1, 0.15) is 7.45 Å². The van der Waals surface area contributed by atoms with Gasteiger partial charge in [0.05, 0.1) is 25.7 Å². The number of unbranched alkanes of at least 4 members (excludes halogenated alkanes) is 5. The van der Waals surface area contributed by atoms with Gasteiger partial charge < -0.3 is 25.1 Å². The monoisotopic (exact) mass is 494 g/mol. The van der Waals surface area contributed by atoms with Crippen molar-refractivity contribution in [2.75, 3.05) is 31.8 Å². The molecule has 10 heteroatoms. The number of hydrazine groups is 1. The van der Waals surface area contributed by atoms with E-state index in [9.17, 15) is 9.59 Å². The van der Waals surface area contributed by atoms with Crippen molar-refractivity contribution >= 4 is 25.9 Å². The summed E-state index contributed by atoms with van der Waals surface area (Å²) >= 11 is 0. The number of nitrogens with two attached hydrogens (primary N) is 1. The number of carbonyl (C=O) groups is 2. The van der Waals surface area contributed by atoms with Gasteiger partial charge in [-0.25, -0.2) is 0 Å². The first-order chi connectivity index (χ1) is 17.0. The van der Waals surface area contributed by atoms with Crippen LogP contribution in [0.3, 0.4) is 0 Å². The molecule has 9 nitrogen and oxygen atoms in total. The van der Waals surface area contributed by atoms with E-state index in [2.05, 4.69) is 28.8 Å². The van der Waals surface area contributed by atoms with E-state index in [-0.39, 0.29) is 11.8 Å². The predicted molar refractivity (Wildman–Crippen MR) is 136 cm³/mol. The maximum Gasteiger partial charge on any atom is 0.251 e. The van der Waals surface area contributed by atoms with Crippen molar-refractivity contribution in [2.45, 2.75) is 70.8 Å². The molecule has 0 saturated heterocycles. The van der Waals surface area contributed by atoms with Crippen LogP contribution in [-0.2, 0) is 13.8 Å². The number of anilines is 1. The lowest BCUT2D eigenvalue weighted by Crippen LogP contribution is -2.47. The molecule has 0 aliphatic rings. The highest BCUT2D eigenvalue weighted by Crippen LogP contribution is 2.33. The number of rotatable bonds is 20. The Morgan fingerprint density at radius 1 is 1.12 bits per heavy atom. The Kier molecular flexibility index (Phi) is 15.7. The molecule has 34 heavy (non-hydrogen) atoms. The lowest BCUT2D eigenvalue weighted by Gasteiger charge is -2.19. The maximum absolute atomic E-state index is 12.7. The first kappa shape index (κ1) is 28.0. The molecule has 1 rings (SSSR count). The van der Waals surface area contributed by atoms with Gasteiger partial charge in [0.2, 0.25) is 5.91 Å². The molecular formula is C24H40N5O4P. The maximum atomic E-state index is 12.7. The molecule has 1 aromatic rings. The van der Waals surface area contributed by atoms with Crippen LogP contribution >= 0.6 is 8.38 Å². The standard InChI is InChI=1S/C24H40N5O4P/c1-3-4-7-11-22(28-23(30)20-12-14-21(29-26)15-13-20)24(31)27-17-8-5-6-9-18-32-34(2)33-19-10-16-25/h12-15,22,29H,3-11,17-19,26H2,1-2H3,(H,27,31)(H,28,30)/i/hD. The number of hydrogen-bond donors (Lipinski definition) is 4. The molecule has 0 spiro atoms. The van der Waals surface area contributed by atoms with Crippen LogP contribution in [0.25, 0.3) is 0 Å². The van der Waals surface area contributed by atoms with Crippen LogP contribution in [0.5, 0.6) is 0 Å². The predicted octanol–water partition coefficient (Wildman–Crippen LogP) is 4.22. The minimum Gasteiger partial charge on any atom is -0.354 e. The van der Waals surface area contributed by atoms with Crippen molar-refractivity contribution in [3.63, 3.8) is 0 Å². The minimum absolute atomic E-state index is 0.152. The Morgan fingerprint density at radius 3 is 2.56 bits per heavy atom. The van der Waals surface area contributed by atoms with Gasteiger partial charge in [-0.15, -0.1) is 0 Å². The van der Waals surface area contributed by atoms with Gasteiger partial charge in [0.15, 0.2) is 8.38 Å². The number of carbonyl (C=O) groups excluding carboxylic acids is 2. The van der Waals surface area contributed by atoms with Crippen molar-refractivity contribution in [3.8, 4) is 6.07 Å². The number of hydrogen-bond acceptors (Lipinski definition) is 7. The van der Waals surface area contributed by atoms with Crippen LogP contribution in [0.1, 0.15) is 75.1 Å². The van der Waals surface area contributed by atoms with Gasteiger partial charge in [0, 0.05) is 24.5 Å². The molecule has 0 radical (unpaired) electrons. The number of benzene rings is 1.